The molecule has 2 amide bonds. The van der Waals surface area contributed by atoms with E-state index in [2.05, 4.69) is 22.2 Å². The van der Waals surface area contributed by atoms with Crippen molar-refractivity contribution in [2.75, 3.05) is 56.5 Å². The second-order valence-electron chi connectivity index (χ2n) is 9.03. The summed E-state index contributed by atoms with van der Waals surface area (Å²) in [6.07, 6.45) is 3.20. The van der Waals surface area contributed by atoms with Crippen molar-refractivity contribution in [1.82, 2.24) is 14.8 Å². The highest BCUT2D eigenvalue weighted by atomic mass is 19.1. The van der Waals surface area contributed by atoms with Gasteiger partial charge in [0.2, 0.25) is 5.91 Å². The van der Waals surface area contributed by atoms with E-state index in [1.807, 2.05) is 9.80 Å². The monoisotopic (exact) mass is 421 g/mol. The fourth-order valence-corrected chi connectivity index (χ4v) is 3.89. The summed E-state index contributed by atoms with van der Waals surface area (Å²) < 4.78 is 19.9. The van der Waals surface area contributed by atoms with Gasteiger partial charge in [-0.1, -0.05) is 0 Å². The van der Waals surface area contributed by atoms with Gasteiger partial charge >= 0.3 is 6.09 Å². The molecule has 2 fully saturated rings. The molecule has 8 nitrogen and oxygen atoms in total. The first-order valence-corrected chi connectivity index (χ1v) is 10.5. The Morgan fingerprint density at radius 3 is 2.33 bits per heavy atom. The van der Waals surface area contributed by atoms with Gasteiger partial charge in [0.15, 0.2) is 5.82 Å². The van der Waals surface area contributed by atoms with Crippen molar-refractivity contribution in [2.24, 2.45) is 5.92 Å². The number of anilines is 2. The van der Waals surface area contributed by atoms with Gasteiger partial charge in [0.1, 0.15) is 11.3 Å². The predicted octanol–water partition coefficient (Wildman–Crippen LogP) is 2.56. The van der Waals surface area contributed by atoms with Crippen molar-refractivity contribution in [1.29, 1.82) is 0 Å². The van der Waals surface area contributed by atoms with Crippen LogP contribution in [-0.2, 0) is 9.53 Å². The number of aromatic nitrogens is 1. The smallest absolute Gasteiger partial charge is 0.412 e. The van der Waals surface area contributed by atoms with Crippen LogP contribution in [0.15, 0.2) is 12.4 Å². The Morgan fingerprint density at radius 1 is 1.10 bits per heavy atom. The number of piperidine rings is 1. The Kier molecular flexibility index (Phi) is 6.80. The summed E-state index contributed by atoms with van der Waals surface area (Å²) in [4.78, 5) is 34.9. The molecule has 9 heteroatoms. The number of nitrogens with one attached hydrogen (secondary N) is 1. The van der Waals surface area contributed by atoms with E-state index in [4.69, 9.17) is 4.74 Å². The number of amides is 2. The lowest BCUT2D eigenvalue weighted by molar-refractivity contribution is -0.137. The standard InChI is InChI=1S/C21H32FN5O3/c1-21(2,3)30-20(29)24-17-14-23-13-16(22)18(17)26-7-5-15(6-8-26)19(28)27-11-9-25(4)10-12-27/h13-15H,5-12H2,1-4H3,(H,24,29). The average Bonchev–Trinajstić information content (AvgIpc) is 2.67. The van der Waals surface area contributed by atoms with Crippen LogP contribution in [0.25, 0.3) is 0 Å². The molecule has 30 heavy (non-hydrogen) atoms. The molecule has 0 aromatic carbocycles. The molecule has 0 unspecified atom stereocenters. The van der Waals surface area contributed by atoms with Crippen LogP contribution in [-0.4, -0.2) is 78.7 Å². The number of rotatable bonds is 3. The Hall–Kier alpha value is -2.42. The van der Waals surface area contributed by atoms with Crippen LogP contribution in [0.4, 0.5) is 20.6 Å². The third kappa shape index (κ3) is 5.59. The van der Waals surface area contributed by atoms with E-state index in [0.29, 0.717) is 31.6 Å². The highest BCUT2D eigenvalue weighted by Gasteiger charge is 2.31. The molecule has 0 radical (unpaired) electrons. The minimum atomic E-state index is -0.660. The highest BCUT2D eigenvalue weighted by molar-refractivity contribution is 5.90. The second-order valence-corrected chi connectivity index (χ2v) is 9.03. The van der Waals surface area contributed by atoms with Crippen LogP contribution in [0.2, 0.25) is 0 Å². The minimum absolute atomic E-state index is 0.0446. The van der Waals surface area contributed by atoms with Gasteiger partial charge in [0.25, 0.3) is 0 Å². The van der Waals surface area contributed by atoms with Crippen LogP contribution in [0.5, 0.6) is 0 Å². The molecule has 3 heterocycles. The Balaban J connectivity index is 1.64. The maximum absolute atomic E-state index is 14.6. The maximum Gasteiger partial charge on any atom is 0.412 e. The first-order valence-electron chi connectivity index (χ1n) is 10.5. The van der Waals surface area contributed by atoms with Gasteiger partial charge in [-0.15, -0.1) is 0 Å². The molecule has 2 saturated heterocycles. The van der Waals surface area contributed by atoms with Gasteiger partial charge in [-0.25, -0.2) is 9.18 Å². The van der Waals surface area contributed by atoms with E-state index in [1.54, 1.807) is 20.8 Å². The van der Waals surface area contributed by atoms with Crippen molar-refractivity contribution in [3.05, 3.63) is 18.2 Å². The van der Waals surface area contributed by atoms with E-state index in [9.17, 15) is 14.0 Å². The number of halogens is 1. The van der Waals surface area contributed by atoms with Crippen LogP contribution in [0, 0.1) is 11.7 Å². The number of carbonyl (C=O) groups is 2. The quantitative estimate of drug-likeness (QED) is 0.808. The summed E-state index contributed by atoms with van der Waals surface area (Å²) in [5.41, 5.74) is -0.0955. The summed E-state index contributed by atoms with van der Waals surface area (Å²) in [6.45, 7) is 9.68. The van der Waals surface area contributed by atoms with E-state index in [-0.39, 0.29) is 17.5 Å². The average molecular weight is 422 g/mol. The fraction of sp³-hybridized carbons (Fsp3) is 0.667. The van der Waals surface area contributed by atoms with Gasteiger partial charge in [0, 0.05) is 45.2 Å². The SMILES string of the molecule is CN1CCN(C(=O)C2CCN(c3c(F)cncc3NC(=O)OC(C)(C)C)CC2)CC1. The number of pyridine rings is 1. The topological polar surface area (TPSA) is 78.0 Å². The van der Waals surface area contributed by atoms with Gasteiger partial charge in [-0.05, 0) is 40.7 Å². The molecule has 0 spiro atoms. The largest absolute Gasteiger partial charge is 0.444 e. The Bertz CT molecular complexity index is 766. The number of likely N-dealkylation sites (N-methyl/N-ethyl adjacent to an activating group) is 1. The predicted molar refractivity (Wildman–Crippen MR) is 113 cm³/mol. The Labute approximate surface area is 177 Å². The summed E-state index contributed by atoms with van der Waals surface area (Å²) in [6, 6.07) is 0. The van der Waals surface area contributed by atoms with E-state index in [1.165, 1.54) is 6.20 Å². The molecular weight excluding hydrogens is 389 g/mol. The van der Waals surface area contributed by atoms with E-state index in [0.717, 1.165) is 32.4 Å². The Morgan fingerprint density at radius 2 is 1.73 bits per heavy atom. The molecular formula is C21H32FN5O3. The van der Waals surface area contributed by atoms with Crippen LogP contribution >= 0.6 is 0 Å². The summed E-state index contributed by atoms with van der Waals surface area (Å²) in [7, 11) is 2.06. The van der Waals surface area contributed by atoms with Gasteiger partial charge in [-0.2, -0.15) is 0 Å². The number of hydrogen-bond acceptors (Lipinski definition) is 6. The van der Waals surface area contributed by atoms with Crippen LogP contribution in [0.3, 0.4) is 0 Å². The molecule has 0 aliphatic carbocycles. The van der Waals surface area contributed by atoms with Crippen LogP contribution < -0.4 is 10.2 Å². The molecule has 2 aliphatic heterocycles. The molecule has 0 atom stereocenters. The highest BCUT2D eigenvalue weighted by Crippen LogP contribution is 2.32. The molecule has 0 bridgehead atoms. The van der Waals surface area contributed by atoms with Gasteiger partial charge < -0.3 is 19.4 Å². The number of piperazine rings is 1. The zero-order valence-corrected chi connectivity index (χ0v) is 18.3. The molecule has 166 valence electrons. The lowest BCUT2D eigenvalue weighted by Crippen LogP contribution is -2.50. The molecule has 1 aromatic rings. The number of nitrogens with zero attached hydrogens (tertiary/aromatic N) is 4. The van der Waals surface area contributed by atoms with Crippen molar-refractivity contribution in [2.45, 2.75) is 39.2 Å². The maximum atomic E-state index is 14.6. The van der Waals surface area contributed by atoms with Crippen molar-refractivity contribution in [3.63, 3.8) is 0 Å². The first-order chi connectivity index (χ1) is 14.1. The number of ether oxygens (including phenoxy) is 1. The molecule has 2 aliphatic rings. The first kappa shape index (κ1) is 22.3. The lowest BCUT2D eigenvalue weighted by Gasteiger charge is -2.38. The van der Waals surface area contributed by atoms with Crippen LogP contribution in [0.1, 0.15) is 33.6 Å². The summed E-state index contributed by atoms with van der Waals surface area (Å²) in [5, 5.41) is 2.61. The second kappa shape index (κ2) is 9.16. The minimum Gasteiger partial charge on any atom is -0.444 e. The van der Waals surface area contributed by atoms with Crippen molar-refractivity contribution < 1.29 is 18.7 Å². The van der Waals surface area contributed by atoms with E-state index >= 15 is 0 Å². The zero-order valence-electron chi connectivity index (χ0n) is 18.3. The summed E-state index contributed by atoms with van der Waals surface area (Å²) in [5.74, 6) is -0.353. The molecule has 1 N–H and O–H groups in total. The molecule has 0 saturated carbocycles. The van der Waals surface area contributed by atoms with E-state index < -0.39 is 17.5 Å². The third-order valence-corrected chi connectivity index (χ3v) is 5.48. The molecule has 3 rings (SSSR count). The number of hydrogen-bond donors (Lipinski definition) is 1. The molecule has 1 aromatic heterocycles. The van der Waals surface area contributed by atoms with Crippen molar-refractivity contribution >= 4 is 23.4 Å². The summed E-state index contributed by atoms with van der Waals surface area (Å²) >= 11 is 0. The normalized spacial score (nSPS) is 19.0. The number of carbonyl (C=O) groups excluding carboxylic acids is 2. The lowest BCUT2D eigenvalue weighted by atomic mass is 9.94. The fourth-order valence-electron chi connectivity index (χ4n) is 3.89. The zero-order chi connectivity index (χ0) is 21.9. The van der Waals surface area contributed by atoms with Gasteiger partial charge in [-0.3, -0.25) is 15.1 Å². The van der Waals surface area contributed by atoms with Crippen molar-refractivity contribution in [3.8, 4) is 0 Å². The van der Waals surface area contributed by atoms with Gasteiger partial charge in [0.05, 0.1) is 18.1 Å². The third-order valence-electron chi connectivity index (χ3n) is 5.48.